The minimum Gasteiger partial charge on any atom is -0.508 e. The second kappa shape index (κ2) is 9.81. The summed E-state index contributed by atoms with van der Waals surface area (Å²) in [5.74, 6) is 2.43. The number of alkyl halides is 1. The topological polar surface area (TPSA) is 78.7 Å². The monoisotopic (exact) mass is 570 g/mol. The highest BCUT2D eigenvalue weighted by Crippen LogP contribution is 2.42. The van der Waals surface area contributed by atoms with Crippen LogP contribution in [0.15, 0.2) is 36.4 Å². The van der Waals surface area contributed by atoms with Crippen molar-refractivity contribution in [2.45, 2.75) is 69.2 Å². The number of pyridine rings is 1. The van der Waals surface area contributed by atoms with Gasteiger partial charge in [-0.2, -0.15) is 4.98 Å². The first kappa shape index (κ1) is 26.2. The van der Waals surface area contributed by atoms with Gasteiger partial charge in [0.1, 0.15) is 29.9 Å². The summed E-state index contributed by atoms with van der Waals surface area (Å²) in [6.07, 6.45) is 5.01. The van der Waals surface area contributed by atoms with Crippen molar-refractivity contribution in [2.24, 2.45) is 7.05 Å². The number of phenolic OH excluding ortho intramolecular Hbond substituents is 1. The molecule has 4 atom stereocenters. The zero-order valence-electron chi connectivity index (χ0n) is 24.4. The summed E-state index contributed by atoms with van der Waals surface area (Å²) in [6, 6.07) is 12.8. The molecule has 0 aliphatic carbocycles. The molecule has 6 heterocycles. The van der Waals surface area contributed by atoms with E-state index in [1.807, 2.05) is 37.4 Å². The van der Waals surface area contributed by atoms with E-state index in [4.69, 9.17) is 14.7 Å². The fourth-order valence-corrected chi connectivity index (χ4v) is 8.27. The number of anilines is 1. The molecular formula is C33H39FN6O2. The highest BCUT2D eigenvalue weighted by Gasteiger charge is 2.49. The van der Waals surface area contributed by atoms with Crippen LogP contribution in [-0.4, -0.2) is 81.1 Å². The molecule has 0 radical (unpaired) electrons. The van der Waals surface area contributed by atoms with Gasteiger partial charge in [0.15, 0.2) is 5.82 Å². The van der Waals surface area contributed by atoms with Crippen molar-refractivity contribution < 1.29 is 14.2 Å². The number of hydrogen-bond acceptors (Lipinski definition) is 7. The minimum absolute atomic E-state index is 0.224. The number of hydrogen-bond donors (Lipinski definition) is 2. The summed E-state index contributed by atoms with van der Waals surface area (Å²) in [4.78, 5) is 15.0. The number of piperazine rings is 1. The van der Waals surface area contributed by atoms with Crippen molar-refractivity contribution in [1.29, 1.82) is 0 Å². The molecule has 0 amide bonds. The SMILES string of the molecule is CCc1cccc2cc(O)cc(-c3nc4c(N5CC6CCC(C5)N6)nc(OCC56CCCN5CC(F)C6)cc4n3C)c12. The van der Waals surface area contributed by atoms with Gasteiger partial charge in [-0.1, -0.05) is 25.1 Å². The molecular weight excluding hydrogens is 531 g/mol. The van der Waals surface area contributed by atoms with Gasteiger partial charge in [0.25, 0.3) is 0 Å². The van der Waals surface area contributed by atoms with Gasteiger partial charge < -0.3 is 24.6 Å². The summed E-state index contributed by atoms with van der Waals surface area (Å²) in [5.41, 5.74) is 3.68. The molecule has 9 heteroatoms. The average molecular weight is 571 g/mol. The Morgan fingerprint density at radius 2 is 1.95 bits per heavy atom. The van der Waals surface area contributed by atoms with E-state index >= 15 is 0 Å². The van der Waals surface area contributed by atoms with Crippen molar-refractivity contribution in [1.82, 2.24) is 24.8 Å². The number of imidazole rings is 1. The summed E-state index contributed by atoms with van der Waals surface area (Å²) in [7, 11) is 2.03. The second-order valence-corrected chi connectivity index (χ2v) is 12.9. The Hall–Kier alpha value is -3.43. The van der Waals surface area contributed by atoms with E-state index in [9.17, 15) is 9.50 Å². The molecule has 4 aromatic rings. The van der Waals surface area contributed by atoms with E-state index in [1.54, 1.807) is 0 Å². The molecule has 2 aromatic heterocycles. The maximum Gasteiger partial charge on any atom is 0.217 e. The van der Waals surface area contributed by atoms with Gasteiger partial charge in [-0.25, -0.2) is 9.37 Å². The number of fused-ring (bicyclic) bond motifs is 5. The number of ether oxygens (including phenoxy) is 1. The Bertz CT molecular complexity index is 1680. The van der Waals surface area contributed by atoms with Crippen molar-refractivity contribution in [2.75, 3.05) is 37.7 Å². The van der Waals surface area contributed by atoms with Gasteiger partial charge in [0.2, 0.25) is 5.88 Å². The summed E-state index contributed by atoms with van der Waals surface area (Å²) in [5, 5.41) is 16.6. The predicted octanol–water partition coefficient (Wildman–Crippen LogP) is 4.95. The van der Waals surface area contributed by atoms with E-state index in [0.717, 1.165) is 77.9 Å². The van der Waals surface area contributed by atoms with Crippen LogP contribution in [0.1, 0.15) is 44.6 Å². The molecule has 2 N–H and O–H groups in total. The quantitative estimate of drug-likeness (QED) is 0.340. The zero-order valence-corrected chi connectivity index (χ0v) is 24.4. The molecule has 42 heavy (non-hydrogen) atoms. The minimum atomic E-state index is -0.791. The lowest BCUT2D eigenvalue weighted by molar-refractivity contribution is 0.111. The van der Waals surface area contributed by atoms with E-state index in [2.05, 4.69) is 32.7 Å². The van der Waals surface area contributed by atoms with Gasteiger partial charge in [0.05, 0.1) is 11.1 Å². The van der Waals surface area contributed by atoms with Gasteiger partial charge in [0, 0.05) is 56.8 Å². The van der Waals surface area contributed by atoms with E-state index in [1.165, 1.54) is 18.4 Å². The number of nitrogens with one attached hydrogen (secondary N) is 1. The lowest BCUT2D eigenvalue weighted by Crippen LogP contribution is -2.51. The number of rotatable bonds is 6. The lowest BCUT2D eigenvalue weighted by Gasteiger charge is -2.34. The lowest BCUT2D eigenvalue weighted by atomic mass is 9.95. The summed E-state index contributed by atoms with van der Waals surface area (Å²) < 4.78 is 23.1. The maximum atomic E-state index is 14.5. The fraction of sp³-hybridized carbons (Fsp3) is 0.515. The van der Waals surface area contributed by atoms with Crippen LogP contribution in [0.3, 0.4) is 0 Å². The standard InChI is InChI=1S/C33H39FN6O2/c1-3-20-6-4-7-21-12-25(41)13-26(29(20)21)31-37-30-27(38(31)2)14-28(36-32(30)39-17-23-8-9-24(18-39)35-23)42-19-33-10-5-11-40(33)16-22(34)15-33/h4,6-7,12-14,22-24,35,41H,3,5,8-11,15-19H2,1-2H3. The normalized spacial score (nSPS) is 27.4. The maximum absolute atomic E-state index is 14.5. The average Bonchev–Trinajstić information content (AvgIpc) is 3.71. The van der Waals surface area contributed by atoms with Crippen LogP contribution in [0.4, 0.5) is 10.2 Å². The molecule has 0 spiro atoms. The summed E-state index contributed by atoms with van der Waals surface area (Å²) in [6.45, 7) is 5.81. The van der Waals surface area contributed by atoms with Crippen LogP contribution >= 0.6 is 0 Å². The number of halogens is 1. The molecule has 8 rings (SSSR count). The Balaban J connectivity index is 1.26. The number of benzene rings is 2. The van der Waals surface area contributed by atoms with Gasteiger partial charge in [-0.15, -0.1) is 0 Å². The molecule has 4 aliphatic heterocycles. The van der Waals surface area contributed by atoms with E-state index in [-0.39, 0.29) is 11.3 Å². The van der Waals surface area contributed by atoms with Crippen LogP contribution < -0.4 is 15.0 Å². The van der Waals surface area contributed by atoms with Crippen LogP contribution in [0, 0.1) is 0 Å². The first-order valence-electron chi connectivity index (χ1n) is 15.6. The van der Waals surface area contributed by atoms with Gasteiger partial charge in [-0.3, -0.25) is 4.90 Å². The molecule has 0 saturated carbocycles. The Kier molecular flexibility index (Phi) is 6.12. The number of aryl methyl sites for hydroxylation is 2. The number of nitrogens with zero attached hydrogens (tertiary/aromatic N) is 5. The summed E-state index contributed by atoms with van der Waals surface area (Å²) >= 11 is 0. The molecule has 2 bridgehead atoms. The predicted molar refractivity (Wildman–Crippen MR) is 163 cm³/mol. The Morgan fingerprint density at radius 1 is 1.12 bits per heavy atom. The third kappa shape index (κ3) is 4.15. The molecule has 220 valence electrons. The number of phenols is 1. The van der Waals surface area contributed by atoms with Crippen LogP contribution in [0.5, 0.6) is 11.6 Å². The third-order valence-corrected chi connectivity index (χ3v) is 10.3. The fourth-order valence-electron chi connectivity index (χ4n) is 8.27. The molecule has 4 fully saturated rings. The highest BCUT2D eigenvalue weighted by atomic mass is 19.1. The van der Waals surface area contributed by atoms with E-state index in [0.29, 0.717) is 37.5 Å². The van der Waals surface area contributed by atoms with Crippen LogP contribution in [-0.2, 0) is 13.5 Å². The molecule has 8 nitrogen and oxygen atoms in total. The van der Waals surface area contributed by atoms with Gasteiger partial charge >= 0.3 is 0 Å². The Morgan fingerprint density at radius 3 is 2.76 bits per heavy atom. The molecule has 4 aliphatic rings. The van der Waals surface area contributed by atoms with Crippen LogP contribution in [0.25, 0.3) is 33.2 Å². The largest absolute Gasteiger partial charge is 0.508 e. The molecule has 2 aromatic carbocycles. The number of aromatic hydroxyl groups is 1. The highest BCUT2D eigenvalue weighted by molar-refractivity contribution is 6.01. The first-order chi connectivity index (χ1) is 20.4. The van der Waals surface area contributed by atoms with Crippen molar-refractivity contribution in [3.05, 3.63) is 42.0 Å². The van der Waals surface area contributed by atoms with Gasteiger partial charge in [-0.05, 0) is 67.1 Å². The Labute approximate surface area is 245 Å². The zero-order chi connectivity index (χ0) is 28.6. The van der Waals surface area contributed by atoms with Crippen molar-refractivity contribution >= 4 is 27.6 Å². The van der Waals surface area contributed by atoms with E-state index < -0.39 is 6.17 Å². The van der Waals surface area contributed by atoms with Crippen LogP contribution in [0.2, 0.25) is 0 Å². The molecule has 4 saturated heterocycles. The smallest absolute Gasteiger partial charge is 0.217 e. The number of aromatic nitrogens is 3. The second-order valence-electron chi connectivity index (χ2n) is 12.9. The molecule has 4 unspecified atom stereocenters. The van der Waals surface area contributed by atoms with Crippen molar-refractivity contribution in [3.63, 3.8) is 0 Å². The first-order valence-corrected chi connectivity index (χ1v) is 15.6. The van der Waals surface area contributed by atoms with Crippen molar-refractivity contribution in [3.8, 4) is 23.0 Å². The third-order valence-electron chi connectivity index (χ3n) is 10.3.